The molecule has 1 fully saturated rings. The third kappa shape index (κ3) is 4.72. The van der Waals surface area contributed by atoms with Gasteiger partial charge in [-0.05, 0) is 54.8 Å². The number of carbonyl (C=O) groups excluding carboxylic acids is 3. The van der Waals surface area contributed by atoms with E-state index in [1.54, 1.807) is 43.3 Å². The fourth-order valence-corrected chi connectivity index (χ4v) is 3.27. The molecule has 4 amide bonds. The molecule has 0 aliphatic carbocycles. The van der Waals surface area contributed by atoms with Crippen molar-refractivity contribution in [2.75, 3.05) is 18.6 Å². The van der Waals surface area contributed by atoms with Crippen molar-refractivity contribution in [1.82, 2.24) is 5.32 Å². The average molecular weight is 443 g/mol. The highest BCUT2D eigenvalue weighted by Gasteiger charge is 2.37. The van der Waals surface area contributed by atoms with Crippen LogP contribution in [0.15, 0.2) is 42.0 Å². The van der Waals surface area contributed by atoms with Gasteiger partial charge in [0.25, 0.3) is 11.8 Å². The highest BCUT2D eigenvalue weighted by atomic mass is 35.5. The molecule has 0 unspecified atom stereocenters. The van der Waals surface area contributed by atoms with Crippen LogP contribution in [0.25, 0.3) is 6.08 Å². The Morgan fingerprint density at radius 3 is 2.61 bits per heavy atom. The molecule has 162 valence electrons. The molecule has 1 aliphatic heterocycles. The number of ether oxygens (including phenoxy) is 2. The van der Waals surface area contributed by atoms with Crippen LogP contribution in [0.4, 0.5) is 10.5 Å². The minimum absolute atomic E-state index is 0.180. The SMILES string of the molecule is CCCCOc1ccc(C=C2C(=O)NC(=O)N(c3cccc(Cl)c3C)C2=O)cc1OC. The number of anilines is 1. The molecule has 0 spiro atoms. The molecular formula is C23H23ClN2O5. The molecule has 2 aromatic carbocycles. The second-order valence-electron chi connectivity index (χ2n) is 6.95. The maximum Gasteiger partial charge on any atom is 0.335 e. The summed E-state index contributed by atoms with van der Waals surface area (Å²) in [5.41, 5.74) is 1.23. The Balaban J connectivity index is 1.95. The number of carbonyl (C=O) groups is 3. The molecule has 1 heterocycles. The second-order valence-corrected chi connectivity index (χ2v) is 7.36. The van der Waals surface area contributed by atoms with E-state index < -0.39 is 17.8 Å². The van der Waals surface area contributed by atoms with Gasteiger partial charge in [-0.1, -0.05) is 37.1 Å². The molecule has 1 aliphatic rings. The fraction of sp³-hybridized carbons (Fsp3) is 0.261. The summed E-state index contributed by atoms with van der Waals surface area (Å²) in [7, 11) is 1.51. The summed E-state index contributed by atoms with van der Waals surface area (Å²) < 4.78 is 11.1. The van der Waals surface area contributed by atoms with Crippen molar-refractivity contribution in [2.45, 2.75) is 26.7 Å². The summed E-state index contributed by atoms with van der Waals surface area (Å²) in [6.45, 7) is 4.32. The van der Waals surface area contributed by atoms with Crippen LogP contribution >= 0.6 is 11.6 Å². The zero-order valence-corrected chi connectivity index (χ0v) is 18.3. The minimum atomic E-state index is -0.824. The predicted octanol–water partition coefficient (Wildman–Crippen LogP) is 4.50. The number of amides is 4. The molecule has 1 N–H and O–H groups in total. The summed E-state index contributed by atoms with van der Waals surface area (Å²) in [5.74, 6) is -0.453. The molecule has 0 saturated carbocycles. The molecule has 3 rings (SSSR count). The van der Waals surface area contributed by atoms with Crippen molar-refractivity contribution in [3.05, 3.63) is 58.1 Å². The Kier molecular flexibility index (Phi) is 6.97. The molecule has 0 bridgehead atoms. The number of hydrogen-bond acceptors (Lipinski definition) is 5. The van der Waals surface area contributed by atoms with Gasteiger partial charge in [0.05, 0.1) is 19.4 Å². The largest absolute Gasteiger partial charge is 0.493 e. The molecule has 0 aromatic heterocycles. The topological polar surface area (TPSA) is 84.9 Å². The Bertz CT molecular complexity index is 1060. The van der Waals surface area contributed by atoms with Crippen molar-refractivity contribution >= 4 is 41.2 Å². The lowest BCUT2D eigenvalue weighted by Gasteiger charge is -2.27. The van der Waals surface area contributed by atoms with E-state index in [4.69, 9.17) is 21.1 Å². The molecule has 7 nitrogen and oxygen atoms in total. The smallest absolute Gasteiger partial charge is 0.335 e. The zero-order chi connectivity index (χ0) is 22.5. The number of halogens is 1. The number of unbranched alkanes of at least 4 members (excludes halogenated alkanes) is 1. The maximum absolute atomic E-state index is 13.1. The predicted molar refractivity (Wildman–Crippen MR) is 119 cm³/mol. The molecule has 0 atom stereocenters. The van der Waals surface area contributed by atoms with Gasteiger partial charge in [-0.3, -0.25) is 14.9 Å². The lowest BCUT2D eigenvalue weighted by Crippen LogP contribution is -2.54. The van der Waals surface area contributed by atoms with Crippen LogP contribution in [0, 0.1) is 6.92 Å². The summed E-state index contributed by atoms with van der Waals surface area (Å²) in [6.07, 6.45) is 3.33. The van der Waals surface area contributed by atoms with Gasteiger partial charge in [0.2, 0.25) is 0 Å². The Hall–Kier alpha value is -3.32. The number of barbiturate groups is 1. The van der Waals surface area contributed by atoms with Crippen LogP contribution < -0.4 is 19.7 Å². The quantitative estimate of drug-likeness (QED) is 0.387. The number of hydrogen-bond donors (Lipinski definition) is 1. The third-order valence-electron chi connectivity index (χ3n) is 4.84. The highest BCUT2D eigenvalue weighted by Crippen LogP contribution is 2.31. The van der Waals surface area contributed by atoms with Crippen molar-refractivity contribution in [3.8, 4) is 11.5 Å². The first-order valence-corrected chi connectivity index (χ1v) is 10.2. The van der Waals surface area contributed by atoms with E-state index in [0.717, 1.165) is 17.7 Å². The van der Waals surface area contributed by atoms with E-state index in [-0.39, 0.29) is 5.57 Å². The van der Waals surface area contributed by atoms with Gasteiger partial charge in [0, 0.05) is 5.02 Å². The third-order valence-corrected chi connectivity index (χ3v) is 5.25. The van der Waals surface area contributed by atoms with Gasteiger partial charge in [0.1, 0.15) is 5.57 Å². The molecule has 8 heteroatoms. The summed E-state index contributed by atoms with van der Waals surface area (Å²) >= 11 is 6.14. The van der Waals surface area contributed by atoms with Crippen LogP contribution in [0.5, 0.6) is 11.5 Å². The summed E-state index contributed by atoms with van der Waals surface area (Å²) in [5, 5.41) is 2.62. The number of rotatable bonds is 7. The molecule has 31 heavy (non-hydrogen) atoms. The Morgan fingerprint density at radius 1 is 1.13 bits per heavy atom. The first kappa shape index (κ1) is 22.4. The van der Waals surface area contributed by atoms with Crippen molar-refractivity contribution in [3.63, 3.8) is 0 Å². The van der Waals surface area contributed by atoms with E-state index >= 15 is 0 Å². The van der Waals surface area contributed by atoms with Crippen molar-refractivity contribution in [1.29, 1.82) is 0 Å². The Labute approximate surface area is 185 Å². The van der Waals surface area contributed by atoms with Crippen LogP contribution in [0.3, 0.4) is 0 Å². The number of benzene rings is 2. The fourth-order valence-electron chi connectivity index (χ4n) is 3.10. The molecular weight excluding hydrogens is 420 g/mol. The number of nitrogens with zero attached hydrogens (tertiary/aromatic N) is 1. The Morgan fingerprint density at radius 2 is 1.90 bits per heavy atom. The average Bonchev–Trinajstić information content (AvgIpc) is 2.74. The molecule has 2 aromatic rings. The van der Waals surface area contributed by atoms with Gasteiger partial charge >= 0.3 is 6.03 Å². The molecule has 0 radical (unpaired) electrons. The maximum atomic E-state index is 13.1. The first-order valence-electron chi connectivity index (χ1n) is 9.84. The van der Waals surface area contributed by atoms with Crippen molar-refractivity contribution < 1.29 is 23.9 Å². The minimum Gasteiger partial charge on any atom is -0.493 e. The number of methoxy groups -OCH3 is 1. The zero-order valence-electron chi connectivity index (χ0n) is 17.5. The lowest BCUT2D eigenvalue weighted by molar-refractivity contribution is -0.122. The van der Waals surface area contributed by atoms with Gasteiger partial charge in [-0.15, -0.1) is 0 Å². The van der Waals surface area contributed by atoms with Gasteiger partial charge in [-0.25, -0.2) is 9.69 Å². The van der Waals surface area contributed by atoms with Crippen LogP contribution in [0.2, 0.25) is 5.02 Å². The van der Waals surface area contributed by atoms with Crippen LogP contribution in [0.1, 0.15) is 30.9 Å². The van der Waals surface area contributed by atoms with E-state index in [1.165, 1.54) is 13.2 Å². The van der Waals surface area contributed by atoms with E-state index in [9.17, 15) is 14.4 Å². The van der Waals surface area contributed by atoms with Crippen LogP contribution in [-0.2, 0) is 9.59 Å². The van der Waals surface area contributed by atoms with E-state index in [0.29, 0.717) is 39.9 Å². The van der Waals surface area contributed by atoms with Crippen molar-refractivity contribution in [2.24, 2.45) is 0 Å². The monoisotopic (exact) mass is 442 g/mol. The summed E-state index contributed by atoms with van der Waals surface area (Å²) in [4.78, 5) is 38.8. The van der Waals surface area contributed by atoms with E-state index in [1.807, 2.05) is 0 Å². The van der Waals surface area contributed by atoms with Gasteiger partial charge in [-0.2, -0.15) is 0 Å². The van der Waals surface area contributed by atoms with Crippen LogP contribution in [-0.4, -0.2) is 31.6 Å². The number of nitrogens with one attached hydrogen (secondary N) is 1. The number of urea groups is 1. The molecule has 1 saturated heterocycles. The lowest BCUT2D eigenvalue weighted by atomic mass is 10.1. The normalized spacial score (nSPS) is 15.3. The van der Waals surface area contributed by atoms with Gasteiger partial charge < -0.3 is 9.47 Å². The summed E-state index contributed by atoms with van der Waals surface area (Å²) in [6, 6.07) is 9.16. The van der Waals surface area contributed by atoms with Gasteiger partial charge in [0.15, 0.2) is 11.5 Å². The standard InChI is InChI=1S/C23H23ClN2O5/c1-4-5-11-31-19-10-9-15(13-20(19)30-3)12-16-21(27)25-23(29)26(22(16)28)18-8-6-7-17(24)14(18)2/h6-10,12-13H,4-5,11H2,1-3H3,(H,25,27,29). The van der Waals surface area contributed by atoms with E-state index in [2.05, 4.69) is 12.2 Å². The highest BCUT2D eigenvalue weighted by molar-refractivity contribution is 6.39. The number of imide groups is 2. The second kappa shape index (κ2) is 9.66. The first-order chi connectivity index (χ1) is 14.9.